The Morgan fingerprint density at radius 3 is 2.51 bits per heavy atom. The molecule has 2 aromatic carbocycles. The standard InChI is InChI=1S/C33H41N3O4S/c1-3-22-16-23(31(37)35-13-5-4-6-14-35)8-11-26(22)19-40-29-12-7-21(2)15-27(29)28-20-41-33(34-28)36-17-24-9-10-25(18-36)30(24)32(38)39/h7-8,11-12,15-16,20,24-25,30,32,38-39H,3-6,9-10,13-14,17-19H2,1-2H3/t24-,25+,30?. The second-order valence-electron chi connectivity index (χ2n) is 12.0. The number of likely N-dealkylation sites (tertiary alicyclic amines) is 1. The molecule has 6 rings (SSSR count). The van der Waals surface area contributed by atoms with Gasteiger partial charge in [-0.05, 0) is 92.7 Å². The van der Waals surface area contributed by atoms with Crippen LogP contribution in [0, 0.1) is 24.7 Å². The summed E-state index contributed by atoms with van der Waals surface area (Å²) in [6.45, 7) is 7.97. The number of aromatic nitrogens is 1. The number of hydrogen-bond acceptors (Lipinski definition) is 7. The van der Waals surface area contributed by atoms with Crippen LogP contribution in [0.25, 0.3) is 11.3 Å². The van der Waals surface area contributed by atoms with Crippen molar-refractivity contribution in [3.05, 3.63) is 64.0 Å². The van der Waals surface area contributed by atoms with Gasteiger partial charge in [-0.2, -0.15) is 0 Å². The van der Waals surface area contributed by atoms with Crippen LogP contribution in [0.15, 0.2) is 41.8 Å². The molecule has 3 fully saturated rings. The van der Waals surface area contributed by atoms with Crippen molar-refractivity contribution in [2.75, 3.05) is 31.1 Å². The van der Waals surface area contributed by atoms with Gasteiger partial charge in [0.1, 0.15) is 12.4 Å². The van der Waals surface area contributed by atoms with Gasteiger partial charge in [-0.3, -0.25) is 4.79 Å². The Bertz CT molecular complexity index is 1370. The smallest absolute Gasteiger partial charge is 0.253 e. The average molecular weight is 576 g/mol. The Morgan fingerprint density at radius 2 is 1.80 bits per heavy atom. The minimum absolute atomic E-state index is 0.0209. The quantitative estimate of drug-likeness (QED) is 0.337. The second kappa shape index (κ2) is 12.1. The molecule has 0 radical (unpaired) electrons. The Balaban J connectivity index is 1.17. The van der Waals surface area contributed by atoms with Crippen molar-refractivity contribution in [3.63, 3.8) is 0 Å². The van der Waals surface area contributed by atoms with Gasteiger partial charge in [0, 0.05) is 48.6 Å². The predicted octanol–water partition coefficient (Wildman–Crippen LogP) is 5.66. The van der Waals surface area contributed by atoms with Gasteiger partial charge in [0.25, 0.3) is 5.91 Å². The number of piperidine rings is 2. The molecule has 2 aliphatic heterocycles. The highest BCUT2D eigenvalue weighted by Crippen LogP contribution is 2.45. The summed E-state index contributed by atoms with van der Waals surface area (Å²) in [6, 6.07) is 12.3. The molecule has 3 aliphatic rings. The Morgan fingerprint density at radius 1 is 1.05 bits per heavy atom. The molecule has 1 aromatic heterocycles. The maximum Gasteiger partial charge on any atom is 0.253 e. The van der Waals surface area contributed by atoms with Gasteiger partial charge in [0.05, 0.1) is 5.69 Å². The third-order valence-electron chi connectivity index (χ3n) is 9.29. The van der Waals surface area contributed by atoms with Crippen molar-refractivity contribution in [1.82, 2.24) is 9.88 Å². The van der Waals surface area contributed by atoms with E-state index in [1.165, 1.54) is 6.42 Å². The maximum atomic E-state index is 13.1. The van der Waals surface area contributed by atoms with E-state index in [1.54, 1.807) is 11.3 Å². The van der Waals surface area contributed by atoms with E-state index in [0.717, 1.165) is 103 Å². The molecule has 1 unspecified atom stereocenters. The van der Waals surface area contributed by atoms with Crippen LogP contribution in [0.4, 0.5) is 5.13 Å². The number of aryl methyl sites for hydroxylation is 2. The zero-order valence-electron chi connectivity index (χ0n) is 24.1. The SMILES string of the molecule is CCc1cc(C(=O)N2CCCCC2)ccc1COc1ccc(C)cc1-c1csc(N2C[C@H]3CC[C@@H](C2)C3C(O)O)n1. The fraction of sp³-hybridized carbons (Fsp3) is 0.515. The molecule has 7 nitrogen and oxygen atoms in total. The van der Waals surface area contributed by atoms with Crippen molar-refractivity contribution < 1.29 is 19.7 Å². The van der Waals surface area contributed by atoms with Crippen LogP contribution in [-0.4, -0.2) is 58.5 Å². The summed E-state index contributed by atoms with van der Waals surface area (Å²) < 4.78 is 6.43. The first-order chi connectivity index (χ1) is 19.9. The highest BCUT2D eigenvalue weighted by molar-refractivity contribution is 7.14. The molecule has 3 aromatic rings. The van der Waals surface area contributed by atoms with Crippen molar-refractivity contribution in [3.8, 4) is 17.0 Å². The third-order valence-corrected chi connectivity index (χ3v) is 10.2. The number of ether oxygens (including phenoxy) is 1. The molecule has 2 saturated heterocycles. The largest absolute Gasteiger partial charge is 0.488 e. The first-order valence-electron chi connectivity index (χ1n) is 15.1. The molecule has 1 amide bonds. The molecule has 2 N–H and O–H groups in total. The summed E-state index contributed by atoms with van der Waals surface area (Å²) in [5.41, 5.74) is 6.03. The maximum absolute atomic E-state index is 13.1. The van der Waals surface area contributed by atoms with E-state index in [-0.39, 0.29) is 11.8 Å². The van der Waals surface area contributed by atoms with Crippen molar-refractivity contribution in [2.24, 2.45) is 17.8 Å². The van der Waals surface area contributed by atoms with Crippen LogP contribution in [0.5, 0.6) is 5.75 Å². The fourth-order valence-corrected chi connectivity index (χ4v) is 7.92. The van der Waals surface area contributed by atoms with Gasteiger partial charge in [-0.1, -0.05) is 24.6 Å². The number of carbonyl (C=O) groups excluding carboxylic acids is 1. The van der Waals surface area contributed by atoms with E-state index in [1.807, 2.05) is 29.2 Å². The number of anilines is 1. The lowest BCUT2D eigenvalue weighted by molar-refractivity contribution is -0.109. The zero-order valence-corrected chi connectivity index (χ0v) is 24.9. The molecular weight excluding hydrogens is 534 g/mol. The number of amides is 1. The predicted molar refractivity (Wildman–Crippen MR) is 162 cm³/mol. The van der Waals surface area contributed by atoms with Crippen molar-refractivity contribution in [2.45, 2.75) is 65.3 Å². The third kappa shape index (κ3) is 5.87. The lowest BCUT2D eigenvalue weighted by Gasteiger charge is -2.38. The van der Waals surface area contributed by atoms with E-state index in [4.69, 9.17) is 9.72 Å². The lowest BCUT2D eigenvalue weighted by Crippen LogP contribution is -2.46. The molecule has 8 heteroatoms. The molecule has 2 bridgehead atoms. The minimum atomic E-state index is -1.23. The summed E-state index contributed by atoms with van der Waals surface area (Å²) in [5.74, 6) is 1.51. The van der Waals surface area contributed by atoms with Gasteiger partial charge in [0.2, 0.25) is 0 Å². The summed E-state index contributed by atoms with van der Waals surface area (Å²) in [7, 11) is 0. The highest BCUT2D eigenvalue weighted by atomic mass is 32.1. The number of aliphatic hydroxyl groups is 2. The Hall–Kier alpha value is -2.94. The molecule has 3 atom stereocenters. The van der Waals surface area contributed by atoms with Gasteiger partial charge >= 0.3 is 0 Å². The van der Waals surface area contributed by atoms with Crippen molar-refractivity contribution in [1.29, 1.82) is 0 Å². The monoisotopic (exact) mass is 575 g/mol. The molecular formula is C33H41N3O4S. The van der Waals surface area contributed by atoms with Gasteiger partial charge in [-0.25, -0.2) is 4.98 Å². The summed E-state index contributed by atoms with van der Waals surface area (Å²) in [6.07, 6.45) is 5.08. The fourth-order valence-electron chi connectivity index (χ4n) is 7.07. The van der Waals surface area contributed by atoms with E-state index in [9.17, 15) is 15.0 Å². The van der Waals surface area contributed by atoms with Crippen LogP contribution in [0.2, 0.25) is 0 Å². The van der Waals surface area contributed by atoms with Gasteiger partial charge < -0.3 is 24.7 Å². The summed E-state index contributed by atoms with van der Waals surface area (Å²) in [5, 5.41) is 22.8. The van der Waals surface area contributed by atoms with Gasteiger partial charge in [0.15, 0.2) is 11.4 Å². The highest BCUT2D eigenvalue weighted by Gasteiger charge is 2.45. The van der Waals surface area contributed by atoms with Crippen LogP contribution in [0.1, 0.15) is 66.1 Å². The van der Waals surface area contributed by atoms with Crippen LogP contribution < -0.4 is 9.64 Å². The molecule has 1 aliphatic carbocycles. The number of hydrogen-bond donors (Lipinski definition) is 2. The molecule has 3 heterocycles. The van der Waals surface area contributed by atoms with E-state index < -0.39 is 6.29 Å². The van der Waals surface area contributed by atoms with Crippen LogP contribution >= 0.6 is 11.3 Å². The van der Waals surface area contributed by atoms with Crippen LogP contribution in [-0.2, 0) is 13.0 Å². The van der Waals surface area contributed by atoms with Gasteiger partial charge in [-0.15, -0.1) is 11.3 Å². The van der Waals surface area contributed by atoms with E-state index >= 15 is 0 Å². The summed E-state index contributed by atoms with van der Waals surface area (Å²) >= 11 is 1.64. The Labute approximate surface area is 246 Å². The van der Waals surface area contributed by atoms with E-state index in [2.05, 4.69) is 36.3 Å². The number of nitrogens with zero attached hydrogens (tertiary/aromatic N) is 3. The number of aliphatic hydroxyl groups excluding tert-OH is 1. The van der Waals surface area contributed by atoms with E-state index in [0.29, 0.717) is 18.4 Å². The molecule has 41 heavy (non-hydrogen) atoms. The topological polar surface area (TPSA) is 86.1 Å². The zero-order chi connectivity index (χ0) is 28.5. The first-order valence-corrected chi connectivity index (χ1v) is 16.0. The van der Waals surface area contributed by atoms with Crippen LogP contribution in [0.3, 0.4) is 0 Å². The molecule has 218 valence electrons. The molecule has 1 saturated carbocycles. The number of thiazole rings is 1. The number of fused-ring (bicyclic) bond motifs is 2. The Kier molecular flexibility index (Phi) is 8.33. The summed E-state index contributed by atoms with van der Waals surface area (Å²) in [4.78, 5) is 22.4. The average Bonchev–Trinajstić information content (AvgIpc) is 3.59. The van der Waals surface area contributed by atoms with Crippen molar-refractivity contribution >= 4 is 22.4 Å². The number of carbonyl (C=O) groups is 1. The number of benzene rings is 2. The first kappa shape index (κ1) is 28.2. The molecule has 0 spiro atoms. The second-order valence-corrected chi connectivity index (χ2v) is 12.8. The lowest BCUT2D eigenvalue weighted by atomic mass is 9.85. The normalized spacial score (nSPS) is 22.4. The minimum Gasteiger partial charge on any atom is -0.488 e. The number of rotatable bonds is 8.